The predicted molar refractivity (Wildman–Crippen MR) is 110 cm³/mol. The van der Waals surface area contributed by atoms with Crippen LogP contribution in [-0.2, 0) is 16.4 Å². The number of benzene rings is 2. The van der Waals surface area contributed by atoms with E-state index in [0.717, 1.165) is 23.9 Å². The zero-order valence-corrected chi connectivity index (χ0v) is 16.1. The summed E-state index contributed by atoms with van der Waals surface area (Å²) < 4.78 is 28.5. The number of hydrogen-bond donors (Lipinski definition) is 2. The van der Waals surface area contributed by atoms with Crippen LogP contribution in [0.1, 0.15) is 29.2 Å². The minimum Gasteiger partial charge on any atom is -0.358 e. The lowest BCUT2D eigenvalue weighted by Crippen LogP contribution is -2.14. The van der Waals surface area contributed by atoms with Crippen LogP contribution in [0.5, 0.6) is 0 Å². The number of aromatic amines is 1. The Labute approximate surface area is 161 Å². The molecule has 0 spiro atoms. The first-order valence-corrected chi connectivity index (χ1v) is 11.2. The highest BCUT2D eigenvalue weighted by Crippen LogP contribution is 2.43. The maximum Gasteiger partial charge on any atom is 0.271 e. The van der Waals surface area contributed by atoms with E-state index in [1.807, 2.05) is 30.3 Å². The summed E-state index contributed by atoms with van der Waals surface area (Å²) in [6.45, 7) is 0. The van der Waals surface area contributed by atoms with E-state index >= 15 is 0 Å². The SMILES string of the molecule is O=S(=O)(Nc1ccccc1C1CCc2c1[nH]c1ccccc21)c1cccs1. The molecule has 6 heteroatoms. The normalized spacial score (nSPS) is 16.5. The van der Waals surface area contributed by atoms with Crippen molar-refractivity contribution in [2.24, 2.45) is 0 Å². The Morgan fingerprint density at radius 3 is 2.67 bits per heavy atom. The van der Waals surface area contributed by atoms with E-state index in [2.05, 4.69) is 27.9 Å². The lowest BCUT2D eigenvalue weighted by Gasteiger charge is -2.17. The fourth-order valence-corrected chi connectivity index (χ4v) is 6.12. The molecule has 0 bridgehead atoms. The first-order chi connectivity index (χ1) is 13.1. The summed E-state index contributed by atoms with van der Waals surface area (Å²) in [7, 11) is -3.57. The molecule has 4 nitrogen and oxygen atoms in total. The minimum absolute atomic E-state index is 0.162. The first kappa shape index (κ1) is 16.6. The van der Waals surface area contributed by atoms with Crippen molar-refractivity contribution in [2.45, 2.75) is 23.0 Å². The molecule has 0 amide bonds. The lowest BCUT2D eigenvalue weighted by molar-refractivity contribution is 0.603. The van der Waals surface area contributed by atoms with Gasteiger partial charge in [0.1, 0.15) is 4.21 Å². The zero-order valence-electron chi connectivity index (χ0n) is 14.5. The van der Waals surface area contributed by atoms with Crippen molar-refractivity contribution in [3.8, 4) is 0 Å². The predicted octanol–water partition coefficient (Wildman–Crippen LogP) is 5.11. The molecule has 0 saturated heterocycles. The van der Waals surface area contributed by atoms with Gasteiger partial charge in [0.15, 0.2) is 0 Å². The smallest absolute Gasteiger partial charge is 0.271 e. The Bertz CT molecular complexity index is 1220. The highest BCUT2D eigenvalue weighted by molar-refractivity contribution is 7.94. The number of anilines is 1. The van der Waals surface area contributed by atoms with Crippen molar-refractivity contribution in [1.82, 2.24) is 4.98 Å². The van der Waals surface area contributed by atoms with Gasteiger partial charge in [0.2, 0.25) is 0 Å². The van der Waals surface area contributed by atoms with Crippen molar-refractivity contribution in [3.05, 3.63) is 82.9 Å². The first-order valence-electron chi connectivity index (χ1n) is 8.88. The van der Waals surface area contributed by atoms with Gasteiger partial charge in [-0.05, 0) is 47.5 Å². The number of H-pyrrole nitrogens is 1. The standard InChI is InChI=1S/C21H18N2O2S2/c24-27(25,20-10-5-13-26-20)23-19-9-4-2-7-15(19)17-12-11-16-14-6-1-3-8-18(14)22-21(16)17/h1-10,13,17,22-23H,11-12H2. The van der Waals surface area contributed by atoms with Gasteiger partial charge in [-0.25, -0.2) is 8.42 Å². The lowest BCUT2D eigenvalue weighted by atomic mass is 9.95. The van der Waals surface area contributed by atoms with E-state index in [1.54, 1.807) is 17.5 Å². The second kappa shape index (κ2) is 6.25. The molecule has 4 aromatic rings. The largest absolute Gasteiger partial charge is 0.358 e. The number of para-hydroxylation sites is 2. The third kappa shape index (κ3) is 2.76. The Morgan fingerprint density at radius 1 is 1.00 bits per heavy atom. The van der Waals surface area contributed by atoms with Crippen LogP contribution >= 0.6 is 11.3 Å². The zero-order chi connectivity index (χ0) is 18.4. The van der Waals surface area contributed by atoms with Crippen molar-refractivity contribution in [3.63, 3.8) is 0 Å². The van der Waals surface area contributed by atoms with Crippen molar-refractivity contribution >= 4 is 38.0 Å². The fraction of sp³-hybridized carbons (Fsp3) is 0.143. The van der Waals surface area contributed by atoms with Crippen LogP contribution < -0.4 is 4.72 Å². The fourth-order valence-electron chi connectivity index (χ4n) is 4.04. The Morgan fingerprint density at radius 2 is 1.81 bits per heavy atom. The molecule has 1 atom stereocenters. The van der Waals surface area contributed by atoms with Gasteiger partial charge in [-0.3, -0.25) is 4.72 Å². The monoisotopic (exact) mass is 394 g/mol. The number of fused-ring (bicyclic) bond motifs is 3. The van der Waals surface area contributed by atoms with E-state index in [9.17, 15) is 8.42 Å². The van der Waals surface area contributed by atoms with Gasteiger partial charge >= 0.3 is 0 Å². The Hall–Kier alpha value is -2.57. The number of aryl methyl sites for hydroxylation is 1. The molecule has 27 heavy (non-hydrogen) atoms. The van der Waals surface area contributed by atoms with Crippen LogP contribution in [0.3, 0.4) is 0 Å². The summed E-state index contributed by atoms with van der Waals surface area (Å²) in [5.41, 5.74) is 5.37. The molecule has 1 aliphatic carbocycles. The third-order valence-corrected chi connectivity index (χ3v) is 7.98. The van der Waals surface area contributed by atoms with Gasteiger partial charge in [-0.15, -0.1) is 11.3 Å². The van der Waals surface area contributed by atoms with Crippen LogP contribution in [0, 0.1) is 0 Å². The number of aromatic nitrogens is 1. The van der Waals surface area contributed by atoms with Crippen LogP contribution in [-0.4, -0.2) is 13.4 Å². The summed E-state index contributed by atoms with van der Waals surface area (Å²) in [6.07, 6.45) is 1.97. The molecule has 2 N–H and O–H groups in total. The van der Waals surface area contributed by atoms with Gasteiger partial charge < -0.3 is 4.98 Å². The maximum absolute atomic E-state index is 12.7. The average molecular weight is 395 g/mol. The molecule has 2 heterocycles. The summed E-state index contributed by atoms with van der Waals surface area (Å²) >= 11 is 1.22. The van der Waals surface area contributed by atoms with Gasteiger partial charge in [-0.1, -0.05) is 42.5 Å². The minimum atomic E-state index is -3.57. The molecular weight excluding hydrogens is 376 g/mol. The van der Waals surface area contributed by atoms with Crippen LogP contribution in [0.4, 0.5) is 5.69 Å². The third-order valence-electron chi connectivity index (χ3n) is 5.22. The number of sulfonamides is 1. The summed E-state index contributed by atoms with van der Waals surface area (Å²) in [6, 6.07) is 19.4. The van der Waals surface area contributed by atoms with E-state index in [4.69, 9.17) is 0 Å². The van der Waals surface area contributed by atoms with Crippen molar-refractivity contribution in [2.75, 3.05) is 4.72 Å². The molecular formula is C21H18N2O2S2. The second-order valence-electron chi connectivity index (χ2n) is 6.78. The molecule has 0 saturated carbocycles. The number of nitrogens with one attached hydrogen (secondary N) is 2. The van der Waals surface area contributed by atoms with Crippen molar-refractivity contribution in [1.29, 1.82) is 0 Å². The van der Waals surface area contributed by atoms with Gasteiger partial charge in [0.05, 0.1) is 5.69 Å². The highest BCUT2D eigenvalue weighted by Gasteiger charge is 2.30. The molecule has 5 rings (SSSR count). The number of thiophene rings is 1. The summed E-state index contributed by atoms with van der Waals surface area (Å²) in [5, 5.41) is 3.04. The molecule has 136 valence electrons. The van der Waals surface area contributed by atoms with E-state index in [0.29, 0.717) is 9.90 Å². The van der Waals surface area contributed by atoms with Gasteiger partial charge in [0.25, 0.3) is 10.0 Å². The molecule has 2 aromatic carbocycles. The highest BCUT2D eigenvalue weighted by atomic mass is 32.2. The molecule has 0 aliphatic heterocycles. The maximum atomic E-state index is 12.7. The second-order valence-corrected chi connectivity index (χ2v) is 9.64. The molecule has 0 fully saturated rings. The molecule has 2 aromatic heterocycles. The van der Waals surface area contributed by atoms with E-state index in [1.165, 1.54) is 28.0 Å². The average Bonchev–Trinajstić information content (AvgIpc) is 3.39. The summed E-state index contributed by atoms with van der Waals surface area (Å²) in [4.78, 5) is 3.57. The Balaban J connectivity index is 1.57. The number of hydrogen-bond acceptors (Lipinski definition) is 3. The van der Waals surface area contributed by atoms with E-state index < -0.39 is 10.0 Å². The topological polar surface area (TPSA) is 62.0 Å². The quantitative estimate of drug-likeness (QED) is 0.505. The molecule has 0 radical (unpaired) electrons. The van der Waals surface area contributed by atoms with Crippen LogP contribution in [0.25, 0.3) is 10.9 Å². The summed E-state index contributed by atoms with van der Waals surface area (Å²) in [5.74, 6) is 0.162. The van der Waals surface area contributed by atoms with Gasteiger partial charge in [0, 0.05) is 22.5 Å². The van der Waals surface area contributed by atoms with Crippen LogP contribution in [0.15, 0.2) is 70.3 Å². The molecule has 1 aliphatic rings. The Kier molecular flexibility index (Phi) is 3.84. The van der Waals surface area contributed by atoms with E-state index in [-0.39, 0.29) is 5.92 Å². The van der Waals surface area contributed by atoms with Crippen LogP contribution in [0.2, 0.25) is 0 Å². The van der Waals surface area contributed by atoms with Gasteiger partial charge in [-0.2, -0.15) is 0 Å². The number of rotatable bonds is 4. The van der Waals surface area contributed by atoms with Crippen molar-refractivity contribution < 1.29 is 8.42 Å². The molecule has 1 unspecified atom stereocenters.